The second-order valence-electron chi connectivity index (χ2n) is 2.03. The Morgan fingerprint density at radius 1 is 1.12 bits per heavy atom. The normalized spacial score (nSPS) is 24.1. The Labute approximate surface area is 53.2 Å². The van der Waals surface area contributed by atoms with Crippen molar-refractivity contribution in [2.75, 3.05) is 0 Å². The molecule has 0 unspecified atom stereocenters. The third-order valence-corrected chi connectivity index (χ3v) is 2.03. The van der Waals surface area contributed by atoms with Crippen molar-refractivity contribution >= 4 is 11.6 Å². The molecule has 0 saturated carbocycles. The molecule has 8 heavy (non-hydrogen) atoms. The van der Waals surface area contributed by atoms with Gasteiger partial charge in [-0.3, -0.25) is 0 Å². The van der Waals surface area contributed by atoms with Gasteiger partial charge in [0.2, 0.25) is 0 Å². The van der Waals surface area contributed by atoms with Crippen LogP contribution in [0.25, 0.3) is 0 Å². The minimum absolute atomic E-state index is 0.176. The summed E-state index contributed by atoms with van der Waals surface area (Å²) in [5, 5.41) is 0.176. The number of halogens is 1. The predicted octanol–water partition coefficient (Wildman–Crippen LogP) is 2.03. The lowest BCUT2D eigenvalue weighted by Crippen LogP contribution is -1.90. The van der Waals surface area contributed by atoms with E-state index in [1.54, 1.807) is 0 Å². The quantitative estimate of drug-likeness (QED) is 0.434. The van der Waals surface area contributed by atoms with Crippen LogP contribution in [0.3, 0.4) is 0 Å². The Balaban J connectivity index is 2.57. The van der Waals surface area contributed by atoms with E-state index in [2.05, 4.69) is 24.3 Å². The van der Waals surface area contributed by atoms with E-state index in [-0.39, 0.29) is 5.38 Å². The van der Waals surface area contributed by atoms with E-state index >= 15 is 0 Å². The van der Waals surface area contributed by atoms with E-state index in [4.69, 9.17) is 11.6 Å². The number of hydrogen-bond acceptors (Lipinski definition) is 0. The van der Waals surface area contributed by atoms with Crippen LogP contribution in [0.1, 0.15) is 0 Å². The third-order valence-electron chi connectivity index (χ3n) is 1.52. The maximum atomic E-state index is 5.88. The van der Waals surface area contributed by atoms with Crippen molar-refractivity contribution in [3.8, 4) is 0 Å². The number of allylic oxidation sites excluding steroid dienone is 6. The summed E-state index contributed by atoms with van der Waals surface area (Å²) in [7, 11) is 0. The van der Waals surface area contributed by atoms with Crippen LogP contribution in [0.4, 0.5) is 0 Å². The molecule has 2 bridgehead atoms. The monoisotopic (exact) mass is 124 g/mol. The zero-order chi connectivity index (χ0) is 5.56. The highest BCUT2D eigenvalue weighted by Crippen LogP contribution is 2.32. The van der Waals surface area contributed by atoms with E-state index in [9.17, 15) is 0 Å². The fourth-order valence-corrected chi connectivity index (χ4v) is 1.32. The van der Waals surface area contributed by atoms with Crippen LogP contribution in [-0.4, -0.2) is 5.38 Å². The minimum atomic E-state index is 0.176. The van der Waals surface area contributed by atoms with Crippen LogP contribution < -0.4 is 0 Å². The molecule has 0 aromatic rings. The van der Waals surface area contributed by atoms with Gasteiger partial charge in [-0.15, -0.1) is 11.6 Å². The van der Waals surface area contributed by atoms with E-state index in [0.717, 1.165) is 0 Å². The van der Waals surface area contributed by atoms with Gasteiger partial charge in [0.1, 0.15) is 0 Å². The van der Waals surface area contributed by atoms with E-state index in [0.29, 0.717) is 0 Å². The summed E-state index contributed by atoms with van der Waals surface area (Å²) in [4.78, 5) is 0. The summed E-state index contributed by atoms with van der Waals surface area (Å²) < 4.78 is 0. The van der Waals surface area contributed by atoms with Crippen LogP contribution in [-0.2, 0) is 0 Å². The Kier molecular flexibility index (Phi) is 0.694. The van der Waals surface area contributed by atoms with Crippen molar-refractivity contribution < 1.29 is 0 Å². The van der Waals surface area contributed by atoms with Crippen LogP contribution in [0.2, 0.25) is 0 Å². The summed E-state index contributed by atoms with van der Waals surface area (Å²) in [6.07, 6.45) is 8.25. The van der Waals surface area contributed by atoms with Gasteiger partial charge in [-0.25, -0.2) is 0 Å². The average molecular weight is 125 g/mol. The molecule has 0 fully saturated rings. The van der Waals surface area contributed by atoms with Gasteiger partial charge >= 0.3 is 0 Å². The average Bonchev–Trinajstić information content (AvgIpc) is 2.29. The van der Waals surface area contributed by atoms with Gasteiger partial charge in [-0.2, -0.15) is 0 Å². The van der Waals surface area contributed by atoms with Crippen molar-refractivity contribution in [1.82, 2.24) is 0 Å². The van der Waals surface area contributed by atoms with Crippen LogP contribution in [0.5, 0.6) is 0 Å². The Morgan fingerprint density at radius 3 is 1.75 bits per heavy atom. The van der Waals surface area contributed by atoms with Crippen molar-refractivity contribution in [2.24, 2.45) is 0 Å². The second kappa shape index (κ2) is 1.26. The number of alkyl halides is 1. The predicted molar refractivity (Wildman–Crippen MR) is 34.9 cm³/mol. The molecule has 2 rings (SSSR count). The molecule has 0 atom stereocenters. The lowest BCUT2D eigenvalue weighted by Gasteiger charge is -1.94. The van der Waals surface area contributed by atoms with Crippen LogP contribution in [0, 0.1) is 0 Å². The minimum Gasteiger partial charge on any atom is -0.113 e. The SMILES string of the molecule is ClC1C2=CC=C1C=C2. The molecule has 0 aromatic heterocycles. The maximum Gasteiger partial charge on any atom is 0.0835 e. The number of rotatable bonds is 0. The molecular formula is C7H5Cl. The first-order valence-electron chi connectivity index (χ1n) is 2.62. The largest absolute Gasteiger partial charge is 0.113 e. The van der Waals surface area contributed by atoms with Gasteiger partial charge in [0.25, 0.3) is 0 Å². The summed E-state index contributed by atoms with van der Waals surface area (Å²) >= 11 is 5.88. The van der Waals surface area contributed by atoms with Crippen molar-refractivity contribution in [3.63, 3.8) is 0 Å². The molecule has 0 heterocycles. The second-order valence-corrected chi connectivity index (χ2v) is 2.47. The fourth-order valence-electron chi connectivity index (χ4n) is 1.03. The highest BCUT2D eigenvalue weighted by atomic mass is 35.5. The smallest absolute Gasteiger partial charge is 0.0835 e. The lowest BCUT2D eigenvalue weighted by molar-refractivity contribution is 1.33. The standard InChI is InChI=1S/C7H5Cl/c8-7-5-1-2-6(7)4-3-5/h1-4,7H. The summed E-state index contributed by atoms with van der Waals surface area (Å²) in [6, 6.07) is 0. The summed E-state index contributed by atoms with van der Waals surface area (Å²) in [5.74, 6) is 0. The maximum absolute atomic E-state index is 5.88. The number of fused-ring (bicyclic) bond motifs is 2. The molecule has 1 heteroatoms. The third kappa shape index (κ3) is 0.366. The van der Waals surface area contributed by atoms with E-state index in [1.807, 2.05) is 0 Å². The van der Waals surface area contributed by atoms with Crippen LogP contribution >= 0.6 is 11.6 Å². The summed E-state index contributed by atoms with van der Waals surface area (Å²) in [6.45, 7) is 0. The fraction of sp³-hybridized carbons (Fsp3) is 0.143. The molecule has 0 amide bonds. The highest BCUT2D eigenvalue weighted by molar-refractivity contribution is 6.25. The first kappa shape index (κ1) is 4.39. The number of hydrogen-bond donors (Lipinski definition) is 0. The first-order chi connectivity index (χ1) is 3.88. The van der Waals surface area contributed by atoms with Crippen molar-refractivity contribution in [3.05, 3.63) is 35.5 Å². The first-order valence-corrected chi connectivity index (χ1v) is 3.05. The van der Waals surface area contributed by atoms with Gasteiger partial charge in [-0.1, -0.05) is 24.3 Å². The van der Waals surface area contributed by atoms with Gasteiger partial charge in [0.05, 0.1) is 5.38 Å². The highest BCUT2D eigenvalue weighted by Gasteiger charge is 2.21. The Hall–Kier alpha value is -0.490. The summed E-state index contributed by atoms with van der Waals surface area (Å²) in [5.41, 5.74) is 2.48. The molecule has 0 saturated heterocycles. The van der Waals surface area contributed by atoms with Crippen molar-refractivity contribution in [2.45, 2.75) is 5.38 Å². The molecule has 0 nitrogen and oxygen atoms in total. The Bertz CT molecular complexity index is 186. The van der Waals surface area contributed by atoms with E-state index in [1.165, 1.54) is 11.1 Å². The molecule has 0 N–H and O–H groups in total. The van der Waals surface area contributed by atoms with Gasteiger partial charge in [0, 0.05) is 0 Å². The van der Waals surface area contributed by atoms with E-state index < -0.39 is 0 Å². The van der Waals surface area contributed by atoms with Gasteiger partial charge < -0.3 is 0 Å². The van der Waals surface area contributed by atoms with Gasteiger partial charge in [-0.05, 0) is 11.1 Å². The molecular weight excluding hydrogens is 120 g/mol. The molecule has 0 radical (unpaired) electrons. The lowest BCUT2D eigenvalue weighted by atomic mass is 10.3. The molecule has 40 valence electrons. The topological polar surface area (TPSA) is 0 Å². The van der Waals surface area contributed by atoms with Crippen LogP contribution in [0.15, 0.2) is 35.5 Å². The molecule has 0 spiro atoms. The zero-order valence-corrected chi connectivity index (χ0v) is 5.02. The Morgan fingerprint density at radius 2 is 1.62 bits per heavy atom. The molecule has 0 aliphatic heterocycles. The zero-order valence-electron chi connectivity index (χ0n) is 4.26. The molecule has 0 aromatic carbocycles. The molecule has 2 aliphatic rings. The van der Waals surface area contributed by atoms with Crippen molar-refractivity contribution in [1.29, 1.82) is 0 Å². The van der Waals surface area contributed by atoms with Gasteiger partial charge in [0.15, 0.2) is 0 Å². The molecule has 2 aliphatic carbocycles.